The smallest absolute Gasteiger partial charge is 0.405 e. The zero-order valence-electron chi connectivity index (χ0n) is 16.9. The second kappa shape index (κ2) is 9.03. The summed E-state index contributed by atoms with van der Waals surface area (Å²) in [6, 6.07) is 12.2. The third-order valence-electron chi connectivity index (χ3n) is 4.71. The fourth-order valence-corrected chi connectivity index (χ4v) is 4.08. The van der Waals surface area contributed by atoms with Crippen LogP contribution in [0, 0.1) is 5.82 Å². The zero-order chi connectivity index (χ0) is 24.6. The summed E-state index contributed by atoms with van der Waals surface area (Å²) < 4.78 is 80.6. The van der Waals surface area contributed by atoms with Crippen LogP contribution >= 0.6 is 11.6 Å². The Morgan fingerprint density at radius 2 is 1.55 bits per heavy atom. The number of carbonyl (C=O) groups is 1. The summed E-state index contributed by atoms with van der Waals surface area (Å²) in [6.07, 6.45) is -4.00. The maximum Gasteiger partial charge on any atom is 0.573 e. The van der Waals surface area contributed by atoms with Crippen LogP contribution in [0.2, 0.25) is 5.02 Å². The summed E-state index contributed by atoms with van der Waals surface area (Å²) >= 11 is 5.75. The topological polar surface area (TPSA) is 86.5 Å². The Morgan fingerprint density at radius 1 is 0.970 bits per heavy atom. The van der Waals surface area contributed by atoms with Crippen molar-refractivity contribution in [3.63, 3.8) is 0 Å². The van der Waals surface area contributed by atoms with Crippen LogP contribution < -0.4 is 10.5 Å². The molecule has 0 fully saturated rings. The highest BCUT2D eigenvalue weighted by Crippen LogP contribution is 2.38. The number of rotatable bonds is 6. The summed E-state index contributed by atoms with van der Waals surface area (Å²) in [4.78, 5) is 12.1. The van der Waals surface area contributed by atoms with E-state index >= 15 is 4.39 Å². The molecule has 0 saturated carbocycles. The van der Waals surface area contributed by atoms with Gasteiger partial charge in [-0.1, -0.05) is 35.9 Å². The van der Waals surface area contributed by atoms with Gasteiger partial charge in [0.2, 0.25) is 5.91 Å². The van der Waals surface area contributed by atoms with E-state index in [0.717, 1.165) is 18.4 Å². The molecule has 0 aromatic heterocycles. The first kappa shape index (κ1) is 24.5. The molecule has 1 unspecified atom stereocenters. The molecular formula is C22H16ClF4NO4S. The van der Waals surface area contributed by atoms with Gasteiger partial charge in [0.25, 0.3) is 0 Å². The van der Waals surface area contributed by atoms with E-state index in [2.05, 4.69) is 4.74 Å². The average molecular weight is 502 g/mol. The lowest BCUT2D eigenvalue weighted by Gasteiger charge is -2.17. The lowest BCUT2D eigenvalue weighted by molar-refractivity contribution is -0.274. The molecule has 0 bridgehead atoms. The van der Waals surface area contributed by atoms with Crippen molar-refractivity contribution < 1.29 is 35.5 Å². The highest BCUT2D eigenvalue weighted by atomic mass is 35.5. The standard InChI is InChI=1S/C22H16ClF4NO4S/c1-33(30,31)15-6-2-12(3-7-15)20(21(28)29)13-4-8-16(18(24)10-13)17-9-5-14(23)11-19(17)32-22(25,26)27/h2-11,20H,1H3,(H2,28,29). The maximum atomic E-state index is 15.0. The van der Waals surface area contributed by atoms with Crippen molar-refractivity contribution in [2.75, 3.05) is 6.26 Å². The molecule has 3 rings (SSSR count). The molecule has 0 aliphatic heterocycles. The summed E-state index contributed by atoms with van der Waals surface area (Å²) in [5.74, 6) is -3.58. The first-order chi connectivity index (χ1) is 15.3. The van der Waals surface area contributed by atoms with E-state index in [1.54, 1.807) is 0 Å². The molecule has 33 heavy (non-hydrogen) atoms. The van der Waals surface area contributed by atoms with Gasteiger partial charge in [-0.2, -0.15) is 0 Å². The molecule has 3 aromatic rings. The van der Waals surface area contributed by atoms with Crippen LogP contribution in [0.15, 0.2) is 65.6 Å². The summed E-state index contributed by atoms with van der Waals surface area (Å²) in [5.41, 5.74) is 5.52. The van der Waals surface area contributed by atoms with E-state index < -0.39 is 39.6 Å². The second-order valence-electron chi connectivity index (χ2n) is 7.10. The number of sulfone groups is 1. The molecule has 0 heterocycles. The highest BCUT2D eigenvalue weighted by molar-refractivity contribution is 7.90. The predicted molar refractivity (Wildman–Crippen MR) is 114 cm³/mol. The van der Waals surface area contributed by atoms with Gasteiger partial charge in [0.15, 0.2) is 9.84 Å². The molecule has 11 heteroatoms. The Kier molecular flexibility index (Phi) is 6.71. The second-order valence-corrected chi connectivity index (χ2v) is 9.56. The van der Waals surface area contributed by atoms with Gasteiger partial charge in [0.05, 0.1) is 10.8 Å². The average Bonchev–Trinajstić information content (AvgIpc) is 2.67. The maximum absolute atomic E-state index is 15.0. The Bertz CT molecular complexity index is 1310. The number of primary amides is 1. The van der Waals surface area contributed by atoms with Crippen molar-refractivity contribution in [2.45, 2.75) is 17.2 Å². The number of alkyl halides is 3. The van der Waals surface area contributed by atoms with Gasteiger partial charge in [0.1, 0.15) is 11.6 Å². The SMILES string of the molecule is CS(=O)(=O)c1ccc(C(C(N)=O)c2ccc(-c3ccc(Cl)cc3OC(F)(F)F)c(F)c2)cc1. The molecule has 0 radical (unpaired) electrons. The molecule has 2 N–H and O–H groups in total. The van der Waals surface area contributed by atoms with Gasteiger partial charge in [-0.15, -0.1) is 13.2 Å². The fraction of sp³-hybridized carbons (Fsp3) is 0.136. The lowest BCUT2D eigenvalue weighted by Crippen LogP contribution is -2.22. The minimum absolute atomic E-state index is 0.0240. The first-order valence-corrected chi connectivity index (χ1v) is 11.5. The normalized spacial score (nSPS) is 12.9. The molecule has 0 spiro atoms. The largest absolute Gasteiger partial charge is 0.573 e. The Hall–Kier alpha value is -3.11. The molecule has 5 nitrogen and oxygen atoms in total. The van der Waals surface area contributed by atoms with Crippen LogP contribution in [0.4, 0.5) is 17.6 Å². The molecule has 0 saturated heterocycles. The van der Waals surface area contributed by atoms with E-state index in [4.69, 9.17) is 17.3 Å². The molecule has 0 aliphatic rings. The molecule has 0 aliphatic carbocycles. The van der Waals surface area contributed by atoms with Gasteiger partial charge in [-0.25, -0.2) is 12.8 Å². The van der Waals surface area contributed by atoms with E-state index in [1.807, 2.05) is 0 Å². The third kappa shape index (κ3) is 5.82. The molecule has 3 aromatic carbocycles. The van der Waals surface area contributed by atoms with Crippen molar-refractivity contribution in [3.8, 4) is 16.9 Å². The first-order valence-electron chi connectivity index (χ1n) is 9.21. The van der Waals surface area contributed by atoms with Crippen LogP contribution in [0.3, 0.4) is 0 Å². The van der Waals surface area contributed by atoms with Crippen molar-refractivity contribution in [2.24, 2.45) is 5.73 Å². The van der Waals surface area contributed by atoms with E-state index in [0.29, 0.717) is 5.56 Å². The van der Waals surface area contributed by atoms with Gasteiger partial charge in [-0.05, 0) is 47.5 Å². The lowest BCUT2D eigenvalue weighted by atomic mass is 9.89. The van der Waals surface area contributed by atoms with Gasteiger partial charge in [-0.3, -0.25) is 4.79 Å². The Balaban J connectivity index is 2.04. The number of ether oxygens (including phenoxy) is 1. The molecule has 1 amide bonds. The third-order valence-corrected chi connectivity index (χ3v) is 6.08. The fourth-order valence-electron chi connectivity index (χ4n) is 3.29. The minimum Gasteiger partial charge on any atom is -0.405 e. The highest BCUT2D eigenvalue weighted by Gasteiger charge is 2.33. The van der Waals surface area contributed by atoms with Crippen molar-refractivity contribution in [3.05, 3.63) is 82.6 Å². The number of carbonyl (C=O) groups excluding carboxylic acids is 1. The summed E-state index contributed by atoms with van der Waals surface area (Å²) in [7, 11) is -3.47. The Morgan fingerprint density at radius 3 is 2.06 bits per heavy atom. The number of benzene rings is 3. The number of halogens is 5. The van der Waals surface area contributed by atoms with Crippen LogP contribution in [0.25, 0.3) is 11.1 Å². The number of nitrogens with two attached hydrogens (primary N) is 1. The Labute approximate surface area is 191 Å². The van der Waals surface area contributed by atoms with E-state index in [-0.39, 0.29) is 26.6 Å². The minimum atomic E-state index is -5.02. The van der Waals surface area contributed by atoms with Crippen LogP contribution in [-0.4, -0.2) is 26.9 Å². The van der Waals surface area contributed by atoms with Gasteiger partial charge in [0, 0.05) is 22.4 Å². The van der Waals surface area contributed by atoms with Gasteiger partial charge >= 0.3 is 6.36 Å². The van der Waals surface area contributed by atoms with Crippen LogP contribution in [0.5, 0.6) is 5.75 Å². The number of hydrogen-bond acceptors (Lipinski definition) is 4. The summed E-state index contributed by atoms with van der Waals surface area (Å²) in [6.45, 7) is 0. The predicted octanol–water partition coefficient (Wildman–Crippen LogP) is 5.07. The van der Waals surface area contributed by atoms with E-state index in [9.17, 15) is 26.4 Å². The quantitative estimate of drug-likeness (QED) is 0.478. The van der Waals surface area contributed by atoms with Crippen molar-refractivity contribution in [1.82, 2.24) is 0 Å². The molecule has 1 atom stereocenters. The molecule has 174 valence electrons. The van der Waals surface area contributed by atoms with Crippen LogP contribution in [-0.2, 0) is 14.6 Å². The summed E-state index contributed by atoms with van der Waals surface area (Å²) in [5, 5.41) is -0.0404. The number of amides is 1. The van der Waals surface area contributed by atoms with E-state index in [1.165, 1.54) is 48.5 Å². The van der Waals surface area contributed by atoms with Crippen LogP contribution in [0.1, 0.15) is 17.0 Å². The van der Waals surface area contributed by atoms with Crippen molar-refractivity contribution in [1.29, 1.82) is 0 Å². The van der Waals surface area contributed by atoms with Gasteiger partial charge < -0.3 is 10.5 Å². The zero-order valence-corrected chi connectivity index (χ0v) is 18.4. The van der Waals surface area contributed by atoms with Crippen molar-refractivity contribution >= 4 is 27.3 Å². The number of hydrogen-bond donors (Lipinski definition) is 1. The monoisotopic (exact) mass is 501 g/mol. The molecular weight excluding hydrogens is 486 g/mol.